The Morgan fingerprint density at radius 1 is 1.21 bits per heavy atom. The van der Waals surface area contributed by atoms with Crippen LogP contribution < -0.4 is 0 Å². The van der Waals surface area contributed by atoms with Crippen molar-refractivity contribution in [3.63, 3.8) is 0 Å². The average Bonchev–Trinajstić information content (AvgIpc) is 2.31. The van der Waals surface area contributed by atoms with E-state index in [9.17, 15) is 8.78 Å². The first kappa shape index (κ1) is 13.8. The molecule has 1 aromatic heterocycles. The first-order valence-corrected chi connectivity index (χ1v) is 6.42. The Morgan fingerprint density at radius 3 is 2.58 bits per heavy atom. The maximum Gasteiger partial charge on any atom is 0.159 e. The van der Waals surface area contributed by atoms with Gasteiger partial charge < -0.3 is 4.98 Å². The van der Waals surface area contributed by atoms with Crippen LogP contribution in [0.3, 0.4) is 0 Å². The van der Waals surface area contributed by atoms with Gasteiger partial charge in [0.15, 0.2) is 11.6 Å². The molecule has 2 rings (SSSR count). The molecule has 0 aliphatic heterocycles. The van der Waals surface area contributed by atoms with Gasteiger partial charge in [0.1, 0.15) is 10.5 Å². The molecule has 0 fully saturated rings. The van der Waals surface area contributed by atoms with E-state index >= 15 is 0 Å². The quantitative estimate of drug-likeness (QED) is 0.850. The molecular formula is C14H14F2N2S. The van der Waals surface area contributed by atoms with Crippen LogP contribution in [0.4, 0.5) is 8.78 Å². The van der Waals surface area contributed by atoms with Crippen molar-refractivity contribution < 1.29 is 8.78 Å². The largest absolute Gasteiger partial charge is 0.343 e. The second-order valence-electron chi connectivity index (χ2n) is 4.82. The molecule has 19 heavy (non-hydrogen) atoms. The van der Waals surface area contributed by atoms with Gasteiger partial charge in [0.2, 0.25) is 0 Å². The summed E-state index contributed by atoms with van der Waals surface area (Å²) in [5, 5.41) is 0. The number of benzene rings is 1. The van der Waals surface area contributed by atoms with E-state index in [0.29, 0.717) is 21.9 Å². The lowest BCUT2D eigenvalue weighted by molar-refractivity contribution is 0.509. The van der Waals surface area contributed by atoms with Gasteiger partial charge in [-0.15, -0.1) is 0 Å². The highest BCUT2D eigenvalue weighted by molar-refractivity contribution is 7.71. The number of nitrogens with zero attached hydrogens (tertiary/aromatic N) is 1. The zero-order valence-corrected chi connectivity index (χ0v) is 11.5. The van der Waals surface area contributed by atoms with Gasteiger partial charge in [0, 0.05) is 11.3 Å². The highest BCUT2D eigenvalue weighted by atomic mass is 32.1. The standard InChI is InChI=1S/C14H14F2N2S/c1-8(2)5-10-7-13(19)18-14(17-10)9-3-4-11(15)12(16)6-9/h3-4,6-8H,5H2,1-2H3,(H,17,18,19). The van der Waals surface area contributed by atoms with Gasteiger partial charge in [-0.1, -0.05) is 26.1 Å². The topological polar surface area (TPSA) is 28.7 Å². The highest BCUT2D eigenvalue weighted by Gasteiger charge is 2.08. The monoisotopic (exact) mass is 280 g/mol. The van der Waals surface area contributed by atoms with Gasteiger partial charge in [0.05, 0.1) is 0 Å². The number of aromatic nitrogens is 2. The van der Waals surface area contributed by atoms with Crippen molar-refractivity contribution in [2.75, 3.05) is 0 Å². The van der Waals surface area contributed by atoms with Gasteiger partial charge >= 0.3 is 0 Å². The zero-order valence-electron chi connectivity index (χ0n) is 10.7. The summed E-state index contributed by atoms with van der Waals surface area (Å²) in [6, 6.07) is 5.46. The van der Waals surface area contributed by atoms with Gasteiger partial charge in [-0.05, 0) is 36.6 Å². The van der Waals surface area contributed by atoms with E-state index < -0.39 is 11.6 Å². The van der Waals surface area contributed by atoms with Crippen molar-refractivity contribution >= 4 is 12.2 Å². The van der Waals surface area contributed by atoms with E-state index in [-0.39, 0.29) is 0 Å². The molecule has 0 atom stereocenters. The molecule has 1 N–H and O–H groups in total. The Labute approximate surface area is 115 Å². The summed E-state index contributed by atoms with van der Waals surface area (Å²) in [6.45, 7) is 4.18. The summed E-state index contributed by atoms with van der Waals surface area (Å²) in [5.41, 5.74) is 1.42. The molecule has 0 bridgehead atoms. The molecule has 0 aliphatic carbocycles. The van der Waals surface area contributed by atoms with E-state index in [2.05, 4.69) is 23.8 Å². The zero-order chi connectivity index (χ0) is 14.0. The highest BCUT2D eigenvalue weighted by Crippen LogP contribution is 2.19. The fourth-order valence-electron chi connectivity index (χ4n) is 1.84. The lowest BCUT2D eigenvalue weighted by atomic mass is 10.1. The second-order valence-corrected chi connectivity index (χ2v) is 5.24. The van der Waals surface area contributed by atoms with Crippen LogP contribution in [0.5, 0.6) is 0 Å². The third-order valence-electron chi connectivity index (χ3n) is 2.62. The van der Waals surface area contributed by atoms with Crippen LogP contribution in [0.2, 0.25) is 0 Å². The van der Waals surface area contributed by atoms with Crippen molar-refractivity contribution in [3.8, 4) is 11.4 Å². The Hall–Kier alpha value is -1.62. The van der Waals surface area contributed by atoms with E-state index in [1.165, 1.54) is 6.07 Å². The molecule has 100 valence electrons. The maximum absolute atomic E-state index is 13.2. The average molecular weight is 280 g/mol. The first-order chi connectivity index (χ1) is 8.95. The summed E-state index contributed by atoms with van der Waals surface area (Å²) < 4.78 is 26.6. The van der Waals surface area contributed by atoms with Crippen molar-refractivity contribution in [1.29, 1.82) is 0 Å². The second kappa shape index (κ2) is 5.57. The van der Waals surface area contributed by atoms with Gasteiger partial charge in [-0.3, -0.25) is 0 Å². The minimum absolute atomic E-state index is 0.439. The number of aromatic amines is 1. The number of nitrogens with one attached hydrogen (secondary N) is 1. The summed E-state index contributed by atoms with van der Waals surface area (Å²) >= 11 is 5.10. The van der Waals surface area contributed by atoms with E-state index in [1.54, 1.807) is 6.07 Å². The normalized spacial score (nSPS) is 11.0. The van der Waals surface area contributed by atoms with Gasteiger partial charge in [0.25, 0.3) is 0 Å². The predicted molar refractivity (Wildman–Crippen MR) is 73.3 cm³/mol. The van der Waals surface area contributed by atoms with Gasteiger partial charge in [-0.2, -0.15) is 0 Å². The Bertz CT molecular complexity index is 650. The van der Waals surface area contributed by atoms with Crippen LogP contribution in [-0.2, 0) is 6.42 Å². The van der Waals surface area contributed by atoms with E-state index in [4.69, 9.17) is 12.2 Å². The smallest absolute Gasteiger partial charge is 0.159 e. The molecule has 5 heteroatoms. The molecule has 2 aromatic rings. The predicted octanol–water partition coefficient (Wildman–Crippen LogP) is 4.28. The van der Waals surface area contributed by atoms with Crippen molar-refractivity contribution in [2.24, 2.45) is 5.92 Å². The van der Waals surface area contributed by atoms with Crippen LogP contribution in [0.1, 0.15) is 19.5 Å². The fourth-order valence-corrected chi connectivity index (χ4v) is 2.07. The van der Waals surface area contributed by atoms with Crippen LogP contribution in [0, 0.1) is 22.2 Å². The summed E-state index contributed by atoms with van der Waals surface area (Å²) in [5.74, 6) is -0.846. The fraction of sp³-hybridized carbons (Fsp3) is 0.286. The van der Waals surface area contributed by atoms with Gasteiger partial charge in [-0.25, -0.2) is 13.8 Å². The number of hydrogen-bond acceptors (Lipinski definition) is 2. The molecule has 2 nitrogen and oxygen atoms in total. The molecule has 1 aromatic carbocycles. The summed E-state index contributed by atoms with van der Waals surface area (Å²) in [6.07, 6.45) is 0.822. The third kappa shape index (κ3) is 3.44. The number of halogens is 2. The minimum atomic E-state index is -0.895. The van der Waals surface area contributed by atoms with E-state index in [1.807, 2.05) is 0 Å². The van der Waals surface area contributed by atoms with Crippen LogP contribution in [0.15, 0.2) is 24.3 Å². The third-order valence-corrected chi connectivity index (χ3v) is 2.83. The molecule has 0 unspecified atom stereocenters. The molecule has 0 saturated carbocycles. The first-order valence-electron chi connectivity index (χ1n) is 6.01. The summed E-state index contributed by atoms with van der Waals surface area (Å²) in [7, 11) is 0. The molecule has 0 radical (unpaired) electrons. The SMILES string of the molecule is CC(C)Cc1cc(=S)nc(-c2ccc(F)c(F)c2)[nH]1. The van der Waals surface area contributed by atoms with Crippen molar-refractivity contribution in [2.45, 2.75) is 20.3 Å². The number of rotatable bonds is 3. The van der Waals surface area contributed by atoms with Crippen LogP contribution in [-0.4, -0.2) is 9.97 Å². The van der Waals surface area contributed by atoms with Crippen molar-refractivity contribution in [3.05, 3.63) is 46.2 Å². The molecule has 0 spiro atoms. The van der Waals surface area contributed by atoms with E-state index in [0.717, 1.165) is 24.2 Å². The Balaban J connectivity index is 2.46. The number of H-pyrrole nitrogens is 1. The van der Waals surface area contributed by atoms with Crippen LogP contribution >= 0.6 is 12.2 Å². The molecule has 1 heterocycles. The Kier molecular flexibility index (Phi) is 4.04. The molecule has 0 aliphatic rings. The van der Waals surface area contributed by atoms with Crippen molar-refractivity contribution in [1.82, 2.24) is 9.97 Å². The number of hydrogen-bond donors (Lipinski definition) is 1. The Morgan fingerprint density at radius 2 is 1.95 bits per heavy atom. The lowest BCUT2D eigenvalue weighted by Crippen LogP contribution is -2.01. The maximum atomic E-state index is 13.2. The van der Waals surface area contributed by atoms with Crippen LogP contribution in [0.25, 0.3) is 11.4 Å². The molecule has 0 saturated heterocycles. The lowest BCUT2D eigenvalue weighted by Gasteiger charge is -2.08. The molecule has 0 amide bonds. The summed E-state index contributed by atoms with van der Waals surface area (Å²) in [4.78, 5) is 7.26. The molecular weight excluding hydrogens is 266 g/mol. The minimum Gasteiger partial charge on any atom is -0.343 e.